The molecule has 0 fully saturated rings. The van der Waals surface area contributed by atoms with Gasteiger partial charge in [0.15, 0.2) is 0 Å². The fraction of sp³-hybridized carbons (Fsp3) is 0.364. The number of thiophene rings is 1. The standard InChI is InChI=1S/C22H23Cl2NO3S/c1-13(2)28-22(27)20-15-6-4-3-5-7-18(15)29-21(20)25-19(26)11-9-14-8-10-16(23)17(24)12-14/h8-13H,3-7H2,1-2H3,(H,25,26)/b11-9+. The Morgan fingerprint density at radius 2 is 1.90 bits per heavy atom. The molecule has 1 aromatic carbocycles. The second-order valence-electron chi connectivity index (χ2n) is 7.22. The first kappa shape index (κ1) is 21.9. The topological polar surface area (TPSA) is 55.4 Å². The highest BCUT2D eigenvalue weighted by Gasteiger charge is 2.27. The minimum Gasteiger partial charge on any atom is -0.459 e. The third-order valence-electron chi connectivity index (χ3n) is 4.58. The summed E-state index contributed by atoms with van der Waals surface area (Å²) >= 11 is 13.4. The largest absolute Gasteiger partial charge is 0.459 e. The van der Waals surface area contributed by atoms with E-state index in [1.165, 1.54) is 22.3 Å². The second-order valence-corrected chi connectivity index (χ2v) is 9.14. The van der Waals surface area contributed by atoms with Gasteiger partial charge in [-0.05, 0) is 68.9 Å². The lowest BCUT2D eigenvalue weighted by Crippen LogP contribution is -2.16. The molecule has 7 heteroatoms. The van der Waals surface area contributed by atoms with E-state index in [1.54, 1.807) is 24.3 Å². The summed E-state index contributed by atoms with van der Waals surface area (Å²) < 4.78 is 5.45. The molecule has 1 N–H and O–H groups in total. The Bertz CT molecular complexity index is 950. The van der Waals surface area contributed by atoms with Gasteiger partial charge in [-0.3, -0.25) is 4.79 Å². The van der Waals surface area contributed by atoms with Crippen LogP contribution in [0, 0.1) is 0 Å². The number of amides is 1. The van der Waals surface area contributed by atoms with E-state index < -0.39 is 0 Å². The molecule has 0 aliphatic heterocycles. The average Bonchev–Trinajstić information content (AvgIpc) is 2.82. The van der Waals surface area contributed by atoms with Crippen LogP contribution in [-0.4, -0.2) is 18.0 Å². The van der Waals surface area contributed by atoms with Crippen LogP contribution in [0.15, 0.2) is 24.3 Å². The number of esters is 1. The molecule has 1 heterocycles. The molecule has 0 bridgehead atoms. The zero-order valence-electron chi connectivity index (χ0n) is 16.4. The van der Waals surface area contributed by atoms with E-state index in [1.807, 2.05) is 13.8 Å². The van der Waals surface area contributed by atoms with Crippen molar-refractivity contribution in [3.8, 4) is 0 Å². The molecule has 4 nitrogen and oxygen atoms in total. The van der Waals surface area contributed by atoms with Gasteiger partial charge >= 0.3 is 5.97 Å². The van der Waals surface area contributed by atoms with Gasteiger partial charge in [-0.15, -0.1) is 11.3 Å². The predicted octanol–water partition coefficient (Wildman–Crippen LogP) is 6.54. The van der Waals surface area contributed by atoms with Crippen molar-refractivity contribution in [1.82, 2.24) is 0 Å². The first-order valence-electron chi connectivity index (χ1n) is 9.64. The molecule has 3 rings (SSSR count). The highest BCUT2D eigenvalue weighted by Crippen LogP contribution is 2.38. The molecule has 0 atom stereocenters. The van der Waals surface area contributed by atoms with Crippen LogP contribution in [0.1, 0.15) is 59.5 Å². The summed E-state index contributed by atoms with van der Waals surface area (Å²) in [5, 5.41) is 4.32. The summed E-state index contributed by atoms with van der Waals surface area (Å²) in [6.07, 6.45) is 7.90. The highest BCUT2D eigenvalue weighted by atomic mass is 35.5. The Morgan fingerprint density at radius 1 is 1.14 bits per heavy atom. The number of benzene rings is 1. The lowest BCUT2D eigenvalue weighted by molar-refractivity contribution is -0.111. The van der Waals surface area contributed by atoms with Crippen LogP contribution in [0.2, 0.25) is 10.0 Å². The monoisotopic (exact) mass is 451 g/mol. The van der Waals surface area contributed by atoms with Crippen LogP contribution in [0.3, 0.4) is 0 Å². The average molecular weight is 452 g/mol. The lowest BCUT2D eigenvalue weighted by Gasteiger charge is -2.11. The third-order valence-corrected chi connectivity index (χ3v) is 6.52. The van der Waals surface area contributed by atoms with Gasteiger partial charge in [-0.25, -0.2) is 4.79 Å². The minimum atomic E-state index is -0.372. The maximum Gasteiger partial charge on any atom is 0.341 e. The summed E-state index contributed by atoms with van der Waals surface area (Å²) in [4.78, 5) is 26.4. The molecular weight excluding hydrogens is 429 g/mol. The highest BCUT2D eigenvalue weighted by molar-refractivity contribution is 7.17. The van der Waals surface area contributed by atoms with Crippen molar-refractivity contribution in [2.45, 2.75) is 52.1 Å². The number of aryl methyl sites for hydroxylation is 1. The molecule has 29 heavy (non-hydrogen) atoms. The molecule has 1 aliphatic rings. The van der Waals surface area contributed by atoms with E-state index in [4.69, 9.17) is 27.9 Å². The van der Waals surface area contributed by atoms with Crippen LogP contribution in [0.4, 0.5) is 5.00 Å². The van der Waals surface area contributed by atoms with Gasteiger partial charge in [-0.1, -0.05) is 35.7 Å². The number of rotatable bonds is 5. The summed E-state index contributed by atoms with van der Waals surface area (Å²) in [5.41, 5.74) is 2.30. The van der Waals surface area contributed by atoms with Gasteiger partial charge in [0.05, 0.1) is 21.7 Å². The molecule has 0 radical (unpaired) electrons. The van der Waals surface area contributed by atoms with Crippen molar-refractivity contribution >= 4 is 57.5 Å². The van der Waals surface area contributed by atoms with Crippen LogP contribution in [0.25, 0.3) is 6.08 Å². The van der Waals surface area contributed by atoms with Gasteiger partial charge in [0.25, 0.3) is 0 Å². The molecular formula is C22H23Cl2NO3S. The Morgan fingerprint density at radius 3 is 2.62 bits per heavy atom. The molecule has 0 saturated heterocycles. The van der Waals surface area contributed by atoms with E-state index in [2.05, 4.69) is 5.32 Å². The molecule has 1 aliphatic carbocycles. The molecule has 0 spiro atoms. The van der Waals surface area contributed by atoms with Gasteiger partial charge in [0.1, 0.15) is 5.00 Å². The van der Waals surface area contributed by atoms with Crippen LogP contribution < -0.4 is 5.32 Å². The number of carbonyl (C=O) groups is 2. The van der Waals surface area contributed by atoms with Crippen molar-refractivity contribution in [1.29, 1.82) is 0 Å². The van der Waals surface area contributed by atoms with Crippen molar-refractivity contribution in [3.63, 3.8) is 0 Å². The van der Waals surface area contributed by atoms with Gasteiger partial charge in [0, 0.05) is 11.0 Å². The second kappa shape index (κ2) is 9.79. The van der Waals surface area contributed by atoms with Gasteiger partial charge in [0.2, 0.25) is 5.91 Å². The first-order chi connectivity index (χ1) is 13.8. The van der Waals surface area contributed by atoms with E-state index in [-0.39, 0.29) is 18.0 Å². The smallest absolute Gasteiger partial charge is 0.341 e. The SMILES string of the molecule is CC(C)OC(=O)c1c(NC(=O)/C=C/c2ccc(Cl)c(Cl)c2)sc2c1CCCCC2. The molecule has 0 unspecified atom stereocenters. The zero-order valence-corrected chi connectivity index (χ0v) is 18.7. The summed E-state index contributed by atoms with van der Waals surface area (Å²) in [6.45, 7) is 3.64. The van der Waals surface area contributed by atoms with E-state index in [0.29, 0.717) is 20.6 Å². The predicted molar refractivity (Wildman–Crippen MR) is 120 cm³/mol. The number of hydrogen-bond donors (Lipinski definition) is 1. The third kappa shape index (κ3) is 5.62. The molecule has 2 aromatic rings. The fourth-order valence-electron chi connectivity index (χ4n) is 3.26. The van der Waals surface area contributed by atoms with Crippen molar-refractivity contribution in [2.24, 2.45) is 0 Å². The maximum atomic E-state index is 12.7. The Labute approximate surface area is 184 Å². The van der Waals surface area contributed by atoms with Gasteiger partial charge < -0.3 is 10.1 Å². The number of halogens is 2. The summed E-state index contributed by atoms with van der Waals surface area (Å²) in [5.74, 6) is -0.686. The Hall–Kier alpha value is -1.82. The van der Waals surface area contributed by atoms with Crippen LogP contribution in [-0.2, 0) is 22.4 Å². The van der Waals surface area contributed by atoms with E-state index >= 15 is 0 Å². The minimum absolute atomic E-state index is 0.220. The maximum absolute atomic E-state index is 12.7. The first-order valence-corrected chi connectivity index (χ1v) is 11.2. The van der Waals surface area contributed by atoms with Crippen LogP contribution in [0.5, 0.6) is 0 Å². The van der Waals surface area contributed by atoms with Crippen LogP contribution >= 0.6 is 34.5 Å². The van der Waals surface area contributed by atoms with Gasteiger partial charge in [-0.2, -0.15) is 0 Å². The van der Waals surface area contributed by atoms with Crippen molar-refractivity contribution in [3.05, 3.63) is 55.9 Å². The fourth-order valence-corrected chi connectivity index (χ4v) is 4.85. The van der Waals surface area contributed by atoms with E-state index in [9.17, 15) is 9.59 Å². The number of nitrogens with one attached hydrogen (secondary N) is 1. The van der Waals surface area contributed by atoms with Crippen molar-refractivity contribution in [2.75, 3.05) is 5.32 Å². The number of ether oxygens (including phenoxy) is 1. The molecule has 1 aromatic heterocycles. The number of fused-ring (bicyclic) bond motifs is 1. The van der Waals surface area contributed by atoms with E-state index in [0.717, 1.165) is 43.2 Å². The number of carbonyl (C=O) groups excluding carboxylic acids is 2. The zero-order chi connectivity index (χ0) is 21.0. The molecule has 0 saturated carbocycles. The normalized spacial score (nSPS) is 14.0. The summed E-state index contributed by atoms with van der Waals surface area (Å²) in [7, 11) is 0. The number of hydrogen-bond acceptors (Lipinski definition) is 4. The quantitative estimate of drug-likeness (QED) is 0.318. The van der Waals surface area contributed by atoms with Crippen molar-refractivity contribution < 1.29 is 14.3 Å². The Balaban J connectivity index is 1.83. The molecule has 154 valence electrons. The summed E-state index contributed by atoms with van der Waals surface area (Å²) in [6, 6.07) is 5.14. The molecule has 1 amide bonds. The Kier molecular flexibility index (Phi) is 7.38. The number of anilines is 1. The lowest BCUT2D eigenvalue weighted by atomic mass is 10.1.